The van der Waals surface area contributed by atoms with E-state index in [0.717, 1.165) is 0 Å². The summed E-state index contributed by atoms with van der Waals surface area (Å²) in [5.74, 6) is 0. The maximum absolute atomic E-state index is 8.72. The van der Waals surface area contributed by atoms with Crippen molar-refractivity contribution in [2.45, 2.75) is 24.7 Å². The van der Waals surface area contributed by atoms with Crippen LogP contribution in [0.2, 0.25) is 0 Å². The summed E-state index contributed by atoms with van der Waals surface area (Å²) >= 11 is 0. The minimum atomic E-state index is -0.250. The molecule has 0 aromatic heterocycles. The van der Waals surface area contributed by atoms with E-state index in [1.807, 2.05) is 12.2 Å². The molecule has 0 saturated carbocycles. The largest absolute Gasteiger partial charge is 0.396 e. The van der Waals surface area contributed by atoms with E-state index in [4.69, 9.17) is 24.1 Å². The summed E-state index contributed by atoms with van der Waals surface area (Å²) < 4.78 is 21.1. The molecule has 3 atom stereocenters. The van der Waals surface area contributed by atoms with Gasteiger partial charge in [0.25, 0.3) is 0 Å². The lowest BCUT2D eigenvalue weighted by Gasteiger charge is -2.28. The van der Waals surface area contributed by atoms with Crippen molar-refractivity contribution in [1.82, 2.24) is 0 Å². The Morgan fingerprint density at radius 3 is 2.18 bits per heavy atom. The zero-order valence-electron chi connectivity index (χ0n) is 11.1. The standard InChI is InChI=1S/C12H24O5/c1-14-9-11(16-3)12(17-4)10(15-2)7-5-6-8-13/h5,7,10-13H,6,8-9H2,1-4H3/b7-5+. The van der Waals surface area contributed by atoms with Gasteiger partial charge in [0, 0.05) is 35.0 Å². The predicted molar refractivity (Wildman–Crippen MR) is 65.1 cm³/mol. The quantitative estimate of drug-likeness (QED) is 0.574. The summed E-state index contributed by atoms with van der Waals surface area (Å²) in [4.78, 5) is 0. The van der Waals surface area contributed by atoms with Gasteiger partial charge in [-0.05, 0) is 6.42 Å². The summed E-state index contributed by atoms with van der Waals surface area (Å²) in [5, 5.41) is 8.72. The first-order chi connectivity index (χ1) is 8.24. The third-order valence-corrected chi connectivity index (χ3v) is 2.49. The molecule has 0 aromatic rings. The first-order valence-electron chi connectivity index (χ1n) is 5.59. The van der Waals surface area contributed by atoms with Gasteiger partial charge in [0.05, 0.1) is 6.61 Å². The Labute approximate surface area is 103 Å². The molecule has 0 aromatic carbocycles. The second kappa shape index (κ2) is 10.7. The molecule has 1 N–H and O–H groups in total. The summed E-state index contributed by atoms with van der Waals surface area (Å²) in [6, 6.07) is 0. The van der Waals surface area contributed by atoms with E-state index in [0.29, 0.717) is 13.0 Å². The lowest BCUT2D eigenvalue weighted by Crippen LogP contribution is -2.42. The molecular formula is C12H24O5. The highest BCUT2D eigenvalue weighted by Crippen LogP contribution is 2.12. The molecule has 0 radical (unpaired) electrons. The molecule has 5 heteroatoms. The van der Waals surface area contributed by atoms with E-state index < -0.39 is 0 Å². The smallest absolute Gasteiger partial charge is 0.115 e. The molecule has 102 valence electrons. The van der Waals surface area contributed by atoms with Crippen molar-refractivity contribution in [1.29, 1.82) is 0 Å². The number of hydrogen-bond donors (Lipinski definition) is 1. The predicted octanol–water partition coefficient (Wildman–Crippen LogP) is 0.616. The van der Waals surface area contributed by atoms with Crippen LogP contribution in [0.3, 0.4) is 0 Å². The van der Waals surface area contributed by atoms with Crippen molar-refractivity contribution >= 4 is 0 Å². The fourth-order valence-electron chi connectivity index (χ4n) is 1.59. The van der Waals surface area contributed by atoms with E-state index in [2.05, 4.69) is 0 Å². The number of rotatable bonds is 10. The van der Waals surface area contributed by atoms with Gasteiger partial charge in [-0.15, -0.1) is 0 Å². The van der Waals surface area contributed by atoms with Gasteiger partial charge in [-0.1, -0.05) is 12.2 Å². The van der Waals surface area contributed by atoms with Gasteiger partial charge in [-0.2, -0.15) is 0 Å². The Hall–Kier alpha value is -0.460. The molecule has 0 aliphatic rings. The third-order valence-electron chi connectivity index (χ3n) is 2.49. The highest BCUT2D eigenvalue weighted by Gasteiger charge is 2.28. The second-order valence-electron chi connectivity index (χ2n) is 3.57. The van der Waals surface area contributed by atoms with Crippen molar-refractivity contribution in [2.24, 2.45) is 0 Å². The average Bonchev–Trinajstić information content (AvgIpc) is 2.36. The van der Waals surface area contributed by atoms with Crippen LogP contribution in [0, 0.1) is 0 Å². The molecule has 0 aliphatic heterocycles. The van der Waals surface area contributed by atoms with Gasteiger partial charge in [0.15, 0.2) is 0 Å². The van der Waals surface area contributed by atoms with Gasteiger partial charge in [-0.25, -0.2) is 0 Å². The highest BCUT2D eigenvalue weighted by molar-refractivity contribution is 4.96. The fraction of sp³-hybridized carbons (Fsp3) is 0.833. The van der Waals surface area contributed by atoms with E-state index in [1.165, 1.54) is 0 Å². The van der Waals surface area contributed by atoms with E-state index >= 15 is 0 Å². The molecule has 17 heavy (non-hydrogen) atoms. The van der Waals surface area contributed by atoms with Crippen LogP contribution in [0.15, 0.2) is 12.2 Å². The summed E-state index contributed by atoms with van der Waals surface area (Å²) in [5.41, 5.74) is 0. The maximum atomic E-state index is 8.72. The Morgan fingerprint density at radius 1 is 1.06 bits per heavy atom. The minimum absolute atomic E-state index is 0.121. The molecule has 0 aliphatic carbocycles. The SMILES string of the molecule is COCC(OC)C(OC)C(/C=C/CCO)OC. The zero-order chi connectivity index (χ0) is 13.1. The Bertz CT molecular complexity index is 195. The lowest BCUT2D eigenvalue weighted by atomic mass is 10.1. The average molecular weight is 248 g/mol. The van der Waals surface area contributed by atoms with Crippen LogP contribution in [-0.4, -0.2) is 65.1 Å². The highest BCUT2D eigenvalue weighted by atomic mass is 16.6. The number of aliphatic hydroxyl groups excluding tert-OH is 1. The molecule has 5 nitrogen and oxygen atoms in total. The van der Waals surface area contributed by atoms with Gasteiger partial charge >= 0.3 is 0 Å². The number of methoxy groups -OCH3 is 4. The van der Waals surface area contributed by atoms with Gasteiger partial charge in [-0.3, -0.25) is 0 Å². The lowest BCUT2D eigenvalue weighted by molar-refractivity contribution is -0.111. The van der Waals surface area contributed by atoms with E-state index in [1.54, 1.807) is 28.4 Å². The van der Waals surface area contributed by atoms with Crippen LogP contribution in [0.1, 0.15) is 6.42 Å². The van der Waals surface area contributed by atoms with Crippen LogP contribution >= 0.6 is 0 Å². The molecule has 0 bridgehead atoms. The van der Waals surface area contributed by atoms with Crippen LogP contribution in [-0.2, 0) is 18.9 Å². The van der Waals surface area contributed by atoms with Crippen molar-refractivity contribution in [2.75, 3.05) is 41.7 Å². The molecular weight excluding hydrogens is 224 g/mol. The Kier molecular flexibility index (Phi) is 10.4. The fourth-order valence-corrected chi connectivity index (χ4v) is 1.59. The summed E-state index contributed by atoms with van der Waals surface area (Å²) in [6.45, 7) is 0.555. The summed E-state index contributed by atoms with van der Waals surface area (Å²) in [7, 11) is 6.44. The number of aliphatic hydroxyl groups is 1. The number of ether oxygens (including phenoxy) is 4. The summed E-state index contributed by atoms with van der Waals surface area (Å²) in [6.07, 6.45) is 3.64. The normalized spacial score (nSPS) is 17.2. The van der Waals surface area contributed by atoms with E-state index in [9.17, 15) is 0 Å². The molecule has 0 spiro atoms. The first kappa shape index (κ1) is 16.5. The Morgan fingerprint density at radius 2 is 1.76 bits per heavy atom. The van der Waals surface area contributed by atoms with E-state index in [-0.39, 0.29) is 24.9 Å². The molecule has 0 heterocycles. The molecule has 0 amide bonds. The first-order valence-corrected chi connectivity index (χ1v) is 5.59. The van der Waals surface area contributed by atoms with Gasteiger partial charge in [0.1, 0.15) is 18.3 Å². The van der Waals surface area contributed by atoms with Crippen LogP contribution < -0.4 is 0 Å². The van der Waals surface area contributed by atoms with Gasteiger partial charge in [0.2, 0.25) is 0 Å². The van der Waals surface area contributed by atoms with Crippen molar-refractivity contribution in [3.05, 3.63) is 12.2 Å². The second-order valence-corrected chi connectivity index (χ2v) is 3.57. The number of hydrogen-bond acceptors (Lipinski definition) is 5. The maximum Gasteiger partial charge on any atom is 0.115 e. The van der Waals surface area contributed by atoms with Crippen LogP contribution in [0.4, 0.5) is 0 Å². The zero-order valence-corrected chi connectivity index (χ0v) is 11.1. The minimum Gasteiger partial charge on any atom is -0.396 e. The molecule has 3 unspecified atom stereocenters. The van der Waals surface area contributed by atoms with Gasteiger partial charge < -0.3 is 24.1 Å². The monoisotopic (exact) mass is 248 g/mol. The molecule has 0 fully saturated rings. The third kappa shape index (κ3) is 6.14. The Balaban J connectivity index is 4.54. The van der Waals surface area contributed by atoms with Crippen LogP contribution in [0.5, 0.6) is 0 Å². The molecule has 0 rings (SSSR count). The van der Waals surface area contributed by atoms with Crippen molar-refractivity contribution < 1.29 is 24.1 Å². The topological polar surface area (TPSA) is 57.2 Å². The van der Waals surface area contributed by atoms with Crippen LogP contribution in [0.25, 0.3) is 0 Å². The van der Waals surface area contributed by atoms with Crippen molar-refractivity contribution in [3.8, 4) is 0 Å². The molecule has 0 saturated heterocycles. The van der Waals surface area contributed by atoms with Crippen molar-refractivity contribution in [3.63, 3.8) is 0 Å².